The maximum Gasteiger partial charge on any atom is 0.409 e. The summed E-state index contributed by atoms with van der Waals surface area (Å²) in [5.41, 5.74) is 0.970. The number of hydrogen-bond acceptors (Lipinski definition) is 5. The highest BCUT2D eigenvalue weighted by Crippen LogP contribution is 2.21. The number of piperidine rings is 1. The van der Waals surface area contributed by atoms with Crippen LogP contribution in [0.2, 0.25) is 0 Å². The maximum atomic E-state index is 12.5. The van der Waals surface area contributed by atoms with Gasteiger partial charge in [-0.3, -0.25) is 9.59 Å². The molecule has 0 bridgehead atoms. The second kappa shape index (κ2) is 9.43. The molecule has 1 aromatic rings. The van der Waals surface area contributed by atoms with E-state index in [0.29, 0.717) is 52.2 Å². The average molecular weight is 389 g/mol. The van der Waals surface area contributed by atoms with Crippen LogP contribution in [-0.2, 0) is 20.9 Å². The number of ether oxygens (including phenoxy) is 2. The van der Waals surface area contributed by atoms with E-state index in [9.17, 15) is 14.4 Å². The highest BCUT2D eigenvalue weighted by molar-refractivity contribution is 5.83. The summed E-state index contributed by atoms with van der Waals surface area (Å²) in [5, 5.41) is 2.89. The van der Waals surface area contributed by atoms with Gasteiger partial charge in [0.2, 0.25) is 11.8 Å². The van der Waals surface area contributed by atoms with Crippen LogP contribution in [0.3, 0.4) is 0 Å². The van der Waals surface area contributed by atoms with Crippen LogP contribution in [0.25, 0.3) is 0 Å². The van der Waals surface area contributed by atoms with E-state index in [1.807, 2.05) is 24.3 Å². The molecule has 0 radical (unpaired) electrons. The Morgan fingerprint density at radius 1 is 1.32 bits per heavy atom. The summed E-state index contributed by atoms with van der Waals surface area (Å²) >= 11 is 0. The van der Waals surface area contributed by atoms with Gasteiger partial charge < -0.3 is 24.6 Å². The Morgan fingerprint density at radius 2 is 2.18 bits per heavy atom. The molecule has 2 aliphatic heterocycles. The quantitative estimate of drug-likeness (QED) is 0.761. The van der Waals surface area contributed by atoms with Crippen LogP contribution in [0.1, 0.15) is 24.8 Å². The zero-order chi connectivity index (χ0) is 19.9. The second-order valence-electron chi connectivity index (χ2n) is 7.11. The summed E-state index contributed by atoms with van der Waals surface area (Å²) in [7, 11) is 1.61. The molecule has 0 spiro atoms. The summed E-state index contributed by atoms with van der Waals surface area (Å²) in [6, 6.07) is 7.58. The summed E-state index contributed by atoms with van der Waals surface area (Å²) < 4.78 is 10.2. The van der Waals surface area contributed by atoms with Crippen LogP contribution >= 0.6 is 0 Å². The number of likely N-dealkylation sites (tertiary alicyclic amines) is 1. The first-order valence-corrected chi connectivity index (χ1v) is 9.67. The van der Waals surface area contributed by atoms with Crippen molar-refractivity contribution >= 4 is 17.9 Å². The zero-order valence-electron chi connectivity index (χ0n) is 16.2. The number of amides is 3. The fraction of sp³-hybridized carbons (Fsp3) is 0.550. The molecule has 28 heavy (non-hydrogen) atoms. The number of hydrogen-bond donors (Lipinski definition) is 1. The first-order valence-electron chi connectivity index (χ1n) is 9.67. The van der Waals surface area contributed by atoms with Crippen LogP contribution in [0, 0.1) is 5.92 Å². The number of nitrogens with zero attached hydrogens (tertiary/aromatic N) is 2. The minimum absolute atomic E-state index is 0.0583. The van der Waals surface area contributed by atoms with Gasteiger partial charge in [-0.25, -0.2) is 4.79 Å². The topological polar surface area (TPSA) is 88.2 Å². The third kappa shape index (κ3) is 5.15. The fourth-order valence-corrected chi connectivity index (χ4v) is 3.53. The Kier molecular flexibility index (Phi) is 6.73. The van der Waals surface area contributed by atoms with E-state index in [2.05, 4.69) is 5.32 Å². The van der Waals surface area contributed by atoms with Crippen LogP contribution in [-0.4, -0.2) is 67.6 Å². The number of rotatable bonds is 7. The molecule has 1 N–H and O–H groups in total. The molecule has 1 atom stereocenters. The van der Waals surface area contributed by atoms with Crippen molar-refractivity contribution in [2.24, 2.45) is 5.92 Å². The summed E-state index contributed by atoms with van der Waals surface area (Å²) in [5.74, 6) is 0.487. The Bertz CT molecular complexity index is 724. The van der Waals surface area contributed by atoms with Crippen molar-refractivity contribution in [1.82, 2.24) is 15.1 Å². The second-order valence-corrected chi connectivity index (χ2v) is 7.11. The highest BCUT2D eigenvalue weighted by atomic mass is 16.6. The highest BCUT2D eigenvalue weighted by Gasteiger charge is 2.30. The Balaban J connectivity index is 1.49. The summed E-state index contributed by atoms with van der Waals surface area (Å²) in [6.07, 6.45) is 1.39. The SMILES string of the molecule is COc1cccc(CN2C[C@H](C(=O)NCCN3CCCOC3=O)CCC2=O)c1. The predicted octanol–water partition coefficient (Wildman–Crippen LogP) is 1.39. The molecule has 0 aromatic heterocycles. The molecule has 1 aromatic carbocycles. The first kappa shape index (κ1) is 20.0. The summed E-state index contributed by atoms with van der Waals surface area (Å²) in [6.45, 7) is 2.78. The molecule has 8 heteroatoms. The van der Waals surface area contributed by atoms with Crippen molar-refractivity contribution in [2.75, 3.05) is 39.9 Å². The van der Waals surface area contributed by atoms with Gasteiger partial charge in [-0.1, -0.05) is 12.1 Å². The van der Waals surface area contributed by atoms with E-state index in [1.54, 1.807) is 16.9 Å². The number of cyclic esters (lactones) is 1. The van der Waals surface area contributed by atoms with Gasteiger partial charge in [0.1, 0.15) is 5.75 Å². The van der Waals surface area contributed by atoms with E-state index in [4.69, 9.17) is 9.47 Å². The zero-order valence-corrected chi connectivity index (χ0v) is 16.2. The van der Waals surface area contributed by atoms with Gasteiger partial charge in [0.25, 0.3) is 0 Å². The minimum atomic E-state index is -0.326. The van der Waals surface area contributed by atoms with Gasteiger partial charge in [0, 0.05) is 39.1 Å². The lowest BCUT2D eigenvalue weighted by Crippen LogP contribution is -2.47. The average Bonchev–Trinajstić information content (AvgIpc) is 2.71. The van der Waals surface area contributed by atoms with Crippen LogP contribution in [0.5, 0.6) is 5.75 Å². The largest absolute Gasteiger partial charge is 0.497 e. The van der Waals surface area contributed by atoms with Crippen molar-refractivity contribution in [3.63, 3.8) is 0 Å². The molecular weight excluding hydrogens is 362 g/mol. The standard InChI is InChI=1S/C20H27N3O5/c1-27-17-5-2-4-15(12-17)13-23-14-16(6-7-18(23)24)19(25)21-8-10-22-9-3-11-28-20(22)26/h2,4-5,12,16H,3,6-11,13-14H2,1H3,(H,21,25)/t16-/m1/s1. The van der Waals surface area contributed by atoms with Gasteiger partial charge in [-0.2, -0.15) is 0 Å². The minimum Gasteiger partial charge on any atom is -0.497 e. The van der Waals surface area contributed by atoms with Crippen molar-refractivity contribution < 1.29 is 23.9 Å². The molecule has 0 saturated carbocycles. The lowest BCUT2D eigenvalue weighted by atomic mass is 9.96. The van der Waals surface area contributed by atoms with Gasteiger partial charge in [0.05, 0.1) is 19.6 Å². The van der Waals surface area contributed by atoms with E-state index in [-0.39, 0.29) is 23.8 Å². The Morgan fingerprint density at radius 3 is 2.96 bits per heavy atom. The lowest BCUT2D eigenvalue weighted by molar-refractivity contribution is -0.138. The molecule has 2 aliphatic rings. The number of carbonyl (C=O) groups excluding carboxylic acids is 3. The number of nitrogens with one attached hydrogen (secondary N) is 1. The van der Waals surface area contributed by atoms with Gasteiger partial charge in [0.15, 0.2) is 0 Å². The third-order valence-corrected chi connectivity index (χ3v) is 5.12. The van der Waals surface area contributed by atoms with Gasteiger partial charge >= 0.3 is 6.09 Å². The van der Waals surface area contributed by atoms with E-state index in [1.165, 1.54) is 0 Å². The lowest BCUT2D eigenvalue weighted by Gasteiger charge is -2.32. The molecule has 0 unspecified atom stereocenters. The molecular formula is C20H27N3O5. The number of methoxy groups -OCH3 is 1. The van der Waals surface area contributed by atoms with Crippen molar-refractivity contribution in [2.45, 2.75) is 25.8 Å². The third-order valence-electron chi connectivity index (χ3n) is 5.12. The molecule has 0 aliphatic carbocycles. The maximum absolute atomic E-state index is 12.5. The smallest absolute Gasteiger partial charge is 0.409 e. The predicted molar refractivity (Wildman–Crippen MR) is 102 cm³/mol. The molecule has 2 heterocycles. The van der Waals surface area contributed by atoms with Gasteiger partial charge in [-0.05, 0) is 30.5 Å². The Hall–Kier alpha value is -2.77. The van der Waals surface area contributed by atoms with Crippen LogP contribution in [0.4, 0.5) is 4.79 Å². The number of benzene rings is 1. The van der Waals surface area contributed by atoms with Crippen LogP contribution < -0.4 is 10.1 Å². The van der Waals surface area contributed by atoms with E-state index in [0.717, 1.165) is 17.7 Å². The molecule has 3 amide bonds. The van der Waals surface area contributed by atoms with Crippen molar-refractivity contribution in [3.8, 4) is 5.75 Å². The van der Waals surface area contributed by atoms with Crippen molar-refractivity contribution in [1.29, 1.82) is 0 Å². The Labute approximate surface area is 164 Å². The monoisotopic (exact) mass is 389 g/mol. The molecule has 2 saturated heterocycles. The van der Waals surface area contributed by atoms with E-state index >= 15 is 0 Å². The van der Waals surface area contributed by atoms with Crippen LogP contribution in [0.15, 0.2) is 24.3 Å². The molecule has 2 fully saturated rings. The molecule has 152 valence electrons. The number of carbonyl (C=O) groups is 3. The first-order chi connectivity index (χ1) is 13.6. The summed E-state index contributed by atoms with van der Waals surface area (Å²) in [4.78, 5) is 39.7. The van der Waals surface area contributed by atoms with E-state index < -0.39 is 0 Å². The molecule has 3 rings (SSSR count). The normalized spacial score (nSPS) is 20.0. The molecule has 8 nitrogen and oxygen atoms in total. The van der Waals surface area contributed by atoms with Crippen molar-refractivity contribution in [3.05, 3.63) is 29.8 Å². The fourth-order valence-electron chi connectivity index (χ4n) is 3.53. The van der Waals surface area contributed by atoms with Gasteiger partial charge in [-0.15, -0.1) is 0 Å².